The average Bonchev–Trinajstić information content (AvgIpc) is 2.26. The highest BCUT2D eigenvalue weighted by Crippen LogP contribution is 2.16. The lowest BCUT2D eigenvalue weighted by atomic mass is 10.1. The number of rotatable bonds is 2. The van der Waals surface area contributed by atoms with Crippen molar-refractivity contribution in [3.63, 3.8) is 0 Å². The van der Waals surface area contributed by atoms with Crippen molar-refractivity contribution in [3.05, 3.63) is 64.7 Å². The summed E-state index contributed by atoms with van der Waals surface area (Å²) >= 11 is 0. The summed E-state index contributed by atoms with van der Waals surface area (Å²) < 4.78 is 26.2. The Morgan fingerprint density at radius 2 is 1.63 bits per heavy atom. The molecule has 0 fully saturated rings. The fraction of sp³-hybridized carbons (Fsp3) is 0.133. The molecule has 19 heavy (non-hydrogen) atoms. The third-order valence-electron chi connectivity index (χ3n) is 2.66. The zero-order chi connectivity index (χ0) is 14.0. The summed E-state index contributed by atoms with van der Waals surface area (Å²) in [7, 11) is 0. The Morgan fingerprint density at radius 3 is 2.21 bits per heavy atom. The smallest absolute Gasteiger partial charge is 0.258 e. The largest absolute Gasteiger partial charge is 0.322 e. The molecule has 0 aromatic heterocycles. The fourth-order valence-electron chi connectivity index (χ4n) is 1.92. The third kappa shape index (κ3) is 3.16. The number of hydrogen-bond donors (Lipinski definition) is 1. The molecule has 2 aromatic carbocycles. The quantitative estimate of drug-likeness (QED) is 0.874. The zero-order valence-corrected chi connectivity index (χ0v) is 10.6. The molecular formula is C15H13F2NO. The summed E-state index contributed by atoms with van der Waals surface area (Å²) in [6, 6.07) is 8.41. The second-order valence-electron chi connectivity index (χ2n) is 4.45. The lowest BCUT2D eigenvalue weighted by molar-refractivity contribution is 0.102. The molecular weight excluding hydrogens is 248 g/mol. The number of amides is 1. The Bertz CT molecular complexity index is 618. The maximum atomic E-state index is 13.5. The molecule has 2 nitrogen and oxygen atoms in total. The van der Waals surface area contributed by atoms with Gasteiger partial charge in [0.25, 0.3) is 5.91 Å². The van der Waals surface area contributed by atoms with Gasteiger partial charge >= 0.3 is 0 Å². The van der Waals surface area contributed by atoms with E-state index in [9.17, 15) is 13.6 Å². The molecule has 1 N–H and O–H groups in total. The van der Waals surface area contributed by atoms with E-state index in [1.807, 2.05) is 19.9 Å². The number of anilines is 1. The Balaban J connectivity index is 2.25. The van der Waals surface area contributed by atoms with Crippen LogP contribution in [-0.2, 0) is 0 Å². The first kappa shape index (κ1) is 13.2. The van der Waals surface area contributed by atoms with Gasteiger partial charge in [-0.25, -0.2) is 8.78 Å². The van der Waals surface area contributed by atoms with Gasteiger partial charge in [-0.15, -0.1) is 0 Å². The van der Waals surface area contributed by atoms with Crippen LogP contribution < -0.4 is 5.32 Å². The highest BCUT2D eigenvalue weighted by Gasteiger charge is 2.12. The van der Waals surface area contributed by atoms with E-state index >= 15 is 0 Å². The molecule has 0 unspecified atom stereocenters. The summed E-state index contributed by atoms with van der Waals surface area (Å²) in [6.45, 7) is 3.81. The van der Waals surface area contributed by atoms with Gasteiger partial charge in [0.2, 0.25) is 0 Å². The number of halogens is 2. The minimum Gasteiger partial charge on any atom is -0.322 e. The van der Waals surface area contributed by atoms with Crippen LogP contribution in [0.3, 0.4) is 0 Å². The van der Waals surface area contributed by atoms with E-state index in [4.69, 9.17) is 0 Å². The first-order valence-electron chi connectivity index (χ1n) is 5.80. The Morgan fingerprint density at radius 1 is 1.00 bits per heavy atom. The molecule has 0 heterocycles. The molecule has 0 spiro atoms. The average molecular weight is 261 g/mol. The monoisotopic (exact) mass is 261 g/mol. The predicted molar refractivity (Wildman–Crippen MR) is 70.2 cm³/mol. The van der Waals surface area contributed by atoms with E-state index in [0.717, 1.165) is 23.3 Å². The van der Waals surface area contributed by atoms with E-state index in [0.29, 0.717) is 11.8 Å². The molecule has 98 valence electrons. The number of carbonyl (C=O) groups is 1. The summed E-state index contributed by atoms with van der Waals surface area (Å²) in [4.78, 5) is 11.9. The second-order valence-corrected chi connectivity index (χ2v) is 4.45. The second kappa shape index (κ2) is 5.18. The van der Waals surface area contributed by atoms with Crippen molar-refractivity contribution in [3.8, 4) is 0 Å². The number of carbonyl (C=O) groups excluding carboxylic acids is 1. The maximum Gasteiger partial charge on any atom is 0.258 e. The summed E-state index contributed by atoms with van der Waals surface area (Å²) in [5.41, 5.74) is 2.40. The van der Waals surface area contributed by atoms with Crippen LogP contribution in [0, 0.1) is 25.5 Å². The first-order valence-corrected chi connectivity index (χ1v) is 5.80. The van der Waals surface area contributed by atoms with Crippen LogP contribution in [0.5, 0.6) is 0 Å². The molecule has 0 bridgehead atoms. The minimum atomic E-state index is -0.873. The first-order chi connectivity index (χ1) is 8.95. The molecule has 0 saturated carbocycles. The van der Waals surface area contributed by atoms with Crippen LogP contribution in [0.25, 0.3) is 0 Å². The summed E-state index contributed by atoms with van der Waals surface area (Å²) in [5, 5.41) is 2.60. The van der Waals surface area contributed by atoms with E-state index in [2.05, 4.69) is 5.32 Å². The van der Waals surface area contributed by atoms with Crippen molar-refractivity contribution in [1.82, 2.24) is 0 Å². The molecule has 1 amide bonds. The molecule has 2 aromatic rings. The van der Waals surface area contributed by atoms with Gasteiger partial charge in [-0.1, -0.05) is 6.07 Å². The van der Waals surface area contributed by atoms with E-state index in [1.54, 1.807) is 12.1 Å². The molecule has 0 atom stereocenters. The molecule has 2 rings (SSSR count). The van der Waals surface area contributed by atoms with E-state index in [-0.39, 0.29) is 5.56 Å². The highest BCUT2D eigenvalue weighted by molar-refractivity contribution is 6.04. The van der Waals surface area contributed by atoms with Gasteiger partial charge in [0.05, 0.1) is 5.56 Å². The van der Waals surface area contributed by atoms with Gasteiger partial charge < -0.3 is 5.32 Å². The lowest BCUT2D eigenvalue weighted by Crippen LogP contribution is -2.14. The van der Waals surface area contributed by atoms with Gasteiger partial charge in [0, 0.05) is 11.8 Å². The maximum absolute atomic E-state index is 13.5. The molecule has 4 heteroatoms. The van der Waals surface area contributed by atoms with E-state index in [1.165, 1.54) is 0 Å². The molecule has 0 aliphatic carbocycles. The summed E-state index contributed by atoms with van der Waals surface area (Å²) in [5.74, 6) is -2.18. The molecule has 0 aliphatic rings. The van der Waals surface area contributed by atoms with Gasteiger partial charge in [-0.3, -0.25) is 4.79 Å². The molecule has 0 aliphatic heterocycles. The van der Waals surface area contributed by atoms with Gasteiger partial charge in [-0.2, -0.15) is 0 Å². The molecule has 0 radical (unpaired) electrons. The van der Waals surface area contributed by atoms with Crippen LogP contribution >= 0.6 is 0 Å². The van der Waals surface area contributed by atoms with E-state index < -0.39 is 17.5 Å². The number of aryl methyl sites for hydroxylation is 2. The Kier molecular flexibility index (Phi) is 3.60. The van der Waals surface area contributed by atoms with Crippen molar-refractivity contribution < 1.29 is 13.6 Å². The van der Waals surface area contributed by atoms with Crippen LogP contribution in [0.2, 0.25) is 0 Å². The number of benzene rings is 2. The topological polar surface area (TPSA) is 29.1 Å². The number of hydrogen-bond acceptors (Lipinski definition) is 1. The lowest BCUT2D eigenvalue weighted by Gasteiger charge is -2.08. The van der Waals surface area contributed by atoms with Crippen molar-refractivity contribution >= 4 is 11.6 Å². The molecule has 0 saturated heterocycles. The Labute approximate surface area is 110 Å². The normalized spacial score (nSPS) is 10.3. The van der Waals surface area contributed by atoms with Crippen molar-refractivity contribution in [2.24, 2.45) is 0 Å². The van der Waals surface area contributed by atoms with Crippen LogP contribution in [0.4, 0.5) is 14.5 Å². The van der Waals surface area contributed by atoms with Crippen molar-refractivity contribution in [2.45, 2.75) is 13.8 Å². The van der Waals surface area contributed by atoms with Gasteiger partial charge in [0.15, 0.2) is 0 Å². The van der Waals surface area contributed by atoms with Crippen molar-refractivity contribution in [2.75, 3.05) is 5.32 Å². The zero-order valence-electron chi connectivity index (χ0n) is 10.6. The SMILES string of the molecule is Cc1cc(C)cc(NC(=O)c2ccc(F)cc2F)c1. The standard InChI is InChI=1S/C15H13F2NO/c1-9-5-10(2)7-12(6-9)18-15(19)13-4-3-11(16)8-14(13)17/h3-8H,1-2H3,(H,18,19). The summed E-state index contributed by atoms with van der Waals surface area (Å²) in [6.07, 6.45) is 0. The third-order valence-corrected chi connectivity index (χ3v) is 2.66. The highest BCUT2D eigenvalue weighted by atomic mass is 19.1. The Hall–Kier alpha value is -2.23. The van der Waals surface area contributed by atoms with Crippen LogP contribution in [0.15, 0.2) is 36.4 Å². The fourth-order valence-corrected chi connectivity index (χ4v) is 1.92. The predicted octanol–water partition coefficient (Wildman–Crippen LogP) is 3.83. The van der Waals surface area contributed by atoms with Crippen LogP contribution in [-0.4, -0.2) is 5.91 Å². The minimum absolute atomic E-state index is 0.180. The van der Waals surface area contributed by atoms with Crippen molar-refractivity contribution in [1.29, 1.82) is 0 Å². The number of nitrogens with one attached hydrogen (secondary N) is 1. The van der Waals surface area contributed by atoms with Crippen LogP contribution in [0.1, 0.15) is 21.5 Å². The van der Waals surface area contributed by atoms with Gasteiger partial charge in [-0.05, 0) is 49.2 Å². The van der Waals surface area contributed by atoms with Gasteiger partial charge in [0.1, 0.15) is 11.6 Å².